The Balaban J connectivity index is 1.12. The molecule has 0 aliphatic rings. The summed E-state index contributed by atoms with van der Waals surface area (Å²) in [7, 11) is 0. The SMILES string of the molecule is O=C(NCc1cccs1)c1ccccc1OCC(COc1ccccc1C(=O)NCc1cccs1)(COc1ccccc1C(=O)NCc1cccs1)COc1ccccc1C(=O)NCc1cccs1. The summed E-state index contributed by atoms with van der Waals surface area (Å²) in [6, 6.07) is 43.2. The van der Waals surface area contributed by atoms with Gasteiger partial charge in [-0.05, 0) is 94.3 Å². The van der Waals surface area contributed by atoms with Gasteiger partial charge in [0.25, 0.3) is 23.6 Å². The highest BCUT2D eigenvalue weighted by Gasteiger charge is 2.37. The Bertz CT molecular complexity index is 2510. The van der Waals surface area contributed by atoms with Gasteiger partial charge < -0.3 is 40.2 Å². The second kappa shape index (κ2) is 24.2. The van der Waals surface area contributed by atoms with Crippen LogP contribution in [0.25, 0.3) is 0 Å². The summed E-state index contributed by atoms with van der Waals surface area (Å²) in [5.74, 6) is -0.161. The number of rotatable bonds is 24. The van der Waals surface area contributed by atoms with Crippen molar-refractivity contribution in [2.75, 3.05) is 26.4 Å². The fraction of sp³-hybridized carbons (Fsp3) is 0.170. The third kappa shape index (κ3) is 13.5. The van der Waals surface area contributed by atoms with E-state index in [1.165, 1.54) is 0 Å². The lowest BCUT2D eigenvalue weighted by Crippen LogP contribution is -2.46. The Kier molecular flexibility index (Phi) is 16.9. The van der Waals surface area contributed by atoms with Gasteiger partial charge in [0.1, 0.15) is 54.8 Å². The molecule has 0 bridgehead atoms. The quantitative estimate of drug-likeness (QED) is 0.0467. The van der Waals surface area contributed by atoms with E-state index in [1.807, 2.05) is 70.1 Å². The molecule has 0 radical (unpaired) electrons. The fourth-order valence-corrected chi connectivity index (χ4v) is 9.58. The number of benzene rings is 4. The van der Waals surface area contributed by atoms with Crippen molar-refractivity contribution in [1.29, 1.82) is 0 Å². The Morgan fingerprint density at radius 2 is 0.565 bits per heavy atom. The van der Waals surface area contributed by atoms with E-state index in [0.29, 0.717) is 71.4 Å². The zero-order chi connectivity index (χ0) is 47.7. The van der Waals surface area contributed by atoms with Crippen LogP contribution in [0.1, 0.15) is 60.9 Å². The molecule has 4 aromatic carbocycles. The number of hydrogen-bond acceptors (Lipinski definition) is 12. The summed E-state index contributed by atoms with van der Waals surface area (Å²) in [4.78, 5) is 58.9. The van der Waals surface area contributed by atoms with Crippen LogP contribution in [0.2, 0.25) is 0 Å². The van der Waals surface area contributed by atoms with E-state index >= 15 is 0 Å². The molecule has 8 rings (SSSR count). The lowest BCUT2D eigenvalue weighted by Gasteiger charge is -2.34. The van der Waals surface area contributed by atoms with Gasteiger partial charge in [-0.2, -0.15) is 0 Å². The van der Waals surface area contributed by atoms with Crippen molar-refractivity contribution in [3.63, 3.8) is 0 Å². The molecule has 0 spiro atoms. The van der Waals surface area contributed by atoms with E-state index in [2.05, 4.69) is 21.3 Å². The zero-order valence-electron chi connectivity index (χ0n) is 37.2. The highest BCUT2D eigenvalue weighted by molar-refractivity contribution is 7.10. The maximum atomic E-state index is 13.7. The van der Waals surface area contributed by atoms with Gasteiger partial charge in [-0.15, -0.1) is 45.3 Å². The Morgan fingerprint density at radius 1 is 0.333 bits per heavy atom. The number of amides is 4. The van der Waals surface area contributed by atoms with Crippen molar-refractivity contribution >= 4 is 69.0 Å². The number of carbonyl (C=O) groups is 4. The Hall–Kier alpha value is -7.24. The minimum Gasteiger partial charge on any atom is -0.492 e. The number of carbonyl (C=O) groups excluding carboxylic acids is 4. The van der Waals surface area contributed by atoms with Gasteiger partial charge in [0, 0.05) is 19.5 Å². The molecule has 0 unspecified atom stereocenters. The summed E-state index contributed by atoms with van der Waals surface area (Å²) in [6.45, 7) is 0.721. The molecule has 8 aromatic rings. The van der Waals surface area contributed by atoms with Crippen molar-refractivity contribution in [3.8, 4) is 23.0 Å². The molecule has 4 aromatic heterocycles. The van der Waals surface area contributed by atoms with Crippen LogP contribution in [0, 0.1) is 5.41 Å². The molecule has 0 atom stereocenters. The van der Waals surface area contributed by atoms with Crippen LogP contribution in [0.15, 0.2) is 167 Å². The maximum Gasteiger partial charge on any atom is 0.255 e. The lowest BCUT2D eigenvalue weighted by molar-refractivity contribution is -0.00417. The van der Waals surface area contributed by atoms with Crippen molar-refractivity contribution in [3.05, 3.63) is 209 Å². The molecule has 0 saturated heterocycles. The smallest absolute Gasteiger partial charge is 0.255 e. The van der Waals surface area contributed by atoms with Gasteiger partial charge >= 0.3 is 0 Å². The van der Waals surface area contributed by atoms with Gasteiger partial charge in [-0.1, -0.05) is 72.8 Å². The number of nitrogens with one attached hydrogen (secondary N) is 4. The van der Waals surface area contributed by atoms with E-state index in [4.69, 9.17) is 18.9 Å². The van der Waals surface area contributed by atoms with E-state index in [-0.39, 0.29) is 50.1 Å². The molecular weight excluding hydrogens is 949 g/mol. The van der Waals surface area contributed by atoms with Crippen LogP contribution < -0.4 is 40.2 Å². The molecule has 0 aliphatic heterocycles. The molecule has 12 nitrogen and oxygen atoms in total. The van der Waals surface area contributed by atoms with Gasteiger partial charge in [0.2, 0.25) is 0 Å². The van der Waals surface area contributed by atoms with Crippen LogP contribution in [-0.4, -0.2) is 50.1 Å². The second-order valence-electron chi connectivity index (χ2n) is 15.7. The van der Waals surface area contributed by atoms with Crippen molar-refractivity contribution in [2.24, 2.45) is 5.41 Å². The molecule has 16 heteroatoms. The minimum absolute atomic E-state index is 0.158. The number of thiophene rings is 4. The van der Waals surface area contributed by atoms with Crippen LogP contribution in [-0.2, 0) is 26.2 Å². The average Bonchev–Trinajstić information content (AvgIpc) is 4.26. The maximum absolute atomic E-state index is 13.7. The molecule has 4 heterocycles. The Morgan fingerprint density at radius 3 is 0.783 bits per heavy atom. The molecular formula is C53H48N4O8S4. The summed E-state index contributed by atoms with van der Waals surface area (Å²) in [6.07, 6.45) is 0. The van der Waals surface area contributed by atoms with Crippen molar-refractivity contribution in [2.45, 2.75) is 26.2 Å². The predicted molar refractivity (Wildman–Crippen MR) is 272 cm³/mol. The van der Waals surface area contributed by atoms with Crippen molar-refractivity contribution in [1.82, 2.24) is 21.3 Å². The first-order valence-electron chi connectivity index (χ1n) is 21.9. The first kappa shape index (κ1) is 48.2. The van der Waals surface area contributed by atoms with E-state index < -0.39 is 5.41 Å². The summed E-state index contributed by atoms with van der Waals surface area (Å²) < 4.78 is 26.7. The van der Waals surface area contributed by atoms with E-state index in [0.717, 1.165) is 19.5 Å². The van der Waals surface area contributed by atoms with Crippen molar-refractivity contribution < 1.29 is 38.1 Å². The second-order valence-corrected chi connectivity index (χ2v) is 19.8. The lowest BCUT2D eigenvalue weighted by atomic mass is 9.91. The molecule has 4 amide bonds. The molecule has 4 N–H and O–H groups in total. The summed E-state index contributed by atoms with van der Waals surface area (Å²) >= 11 is 6.16. The zero-order valence-corrected chi connectivity index (χ0v) is 40.5. The summed E-state index contributed by atoms with van der Waals surface area (Å²) in [5, 5.41) is 19.8. The highest BCUT2D eigenvalue weighted by atomic mass is 32.1. The van der Waals surface area contributed by atoms with E-state index in [9.17, 15) is 19.2 Å². The molecule has 0 saturated carbocycles. The fourth-order valence-electron chi connectivity index (χ4n) is 7.00. The highest BCUT2D eigenvalue weighted by Crippen LogP contribution is 2.31. The Labute approximate surface area is 415 Å². The molecule has 0 fully saturated rings. The normalized spacial score (nSPS) is 11.0. The molecule has 352 valence electrons. The van der Waals surface area contributed by atoms with Gasteiger partial charge in [-0.3, -0.25) is 19.2 Å². The number of ether oxygens (including phenoxy) is 4. The third-order valence-corrected chi connectivity index (χ3v) is 14.2. The van der Waals surface area contributed by atoms with Crippen LogP contribution in [0.3, 0.4) is 0 Å². The first-order chi connectivity index (χ1) is 33.8. The topological polar surface area (TPSA) is 153 Å². The monoisotopic (exact) mass is 996 g/mol. The van der Waals surface area contributed by atoms with Gasteiger partial charge in [0.15, 0.2) is 0 Å². The van der Waals surface area contributed by atoms with Gasteiger partial charge in [0.05, 0.1) is 48.4 Å². The van der Waals surface area contributed by atoms with Crippen LogP contribution in [0.4, 0.5) is 0 Å². The molecule has 0 aliphatic carbocycles. The number of hydrogen-bond donors (Lipinski definition) is 4. The van der Waals surface area contributed by atoms with Gasteiger partial charge in [-0.25, -0.2) is 0 Å². The van der Waals surface area contributed by atoms with E-state index in [1.54, 1.807) is 142 Å². The largest absolute Gasteiger partial charge is 0.492 e. The minimum atomic E-state index is -1.28. The standard InChI is InChI=1S/C53H48N4O8S4/c58-49(54-29-37-13-9-25-66-37)41-17-1-5-21-45(41)62-33-53(34-63-46-22-6-2-18-42(46)50(59)55-30-38-14-10-26-67-38,35-64-47-23-7-3-19-43(47)51(60)56-31-39-15-11-27-68-39)36-65-48-24-8-4-20-44(48)52(61)57-32-40-16-12-28-69-40/h1-28H,29-36H2,(H,54,58)(H,55,59)(H,56,60)(H,57,61). The van der Waals surface area contributed by atoms with Crippen LogP contribution >= 0.6 is 45.3 Å². The average molecular weight is 997 g/mol. The first-order valence-corrected chi connectivity index (χ1v) is 25.4. The predicted octanol–water partition coefficient (Wildman–Crippen LogP) is 10.3. The van der Waals surface area contributed by atoms with Crippen LogP contribution in [0.5, 0.6) is 23.0 Å². The number of para-hydroxylation sites is 4. The summed E-state index contributed by atoms with van der Waals surface area (Å²) in [5.41, 5.74) is -0.0571. The third-order valence-electron chi connectivity index (χ3n) is 10.7. The molecule has 69 heavy (non-hydrogen) atoms.